The fourth-order valence-corrected chi connectivity index (χ4v) is 5.83. The second-order valence-corrected chi connectivity index (χ2v) is 9.34. The van der Waals surface area contributed by atoms with Crippen molar-refractivity contribution in [2.75, 3.05) is 13.7 Å². The fourth-order valence-electron chi connectivity index (χ4n) is 4.61. The van der Waals surface area contributed by atoms with Crippen LogP contribution in [0.25, 0.3) is 10.2 Å². The van der Waals surface area contributed by atoms with Gasteiger partial charge in [0, 0.05) is 11.3 Å². The highest BCUT2D eigenvalue weighted by Crippen LogP contribution is 2.40. The number of benzene rings is 1. The molecule has 172 valence electrons. The lowest BCUT2D eigenvalue weighted by atomic mass is 10.0. The normalized spacial score (nSPS) is 17.1. The van der Waals surface area contributed by atoms with Gasteiger partial charge >= 0.3 is 0 Å². The van der Waals surface area contributed by atoms with Crippen LogP contribution < -0.4 is 9.47 Å². The predicted molar refractivity (Wildman–Crippen MR) is 127 cm³/mol. The van der Waals surface area contributed by atoms with E-state index in [2.05, 4.69) is 15.1 Å². The number of aryl methyl sites for hydroxylation is 2. The van der Waals surface area contributed by atoms with E-state index in [0.717, 1.165) is 46.5 Å². The molecule has 1 aromatic carbocycles. The van der Waals surface area contributed by atoms with Crippen LogP contribution in [0.1, 0.15) is 40.6 Å². The van der Waals surface area contributed by atoms with Crippen LogP contribution in [0, 0.1) is 0 Å². The molecule has 0 fully saturated rings. The standard InChI is InChI=1S/C25H22N4O4S/c1-31-16-9-7-15(8-10-16)18-12-19(20-5-3-11-32-20)29(28-18)22(30)13-33-24-23-17-4-2-6-21(17)34-25(23)27-14-26-24/h3,5,7-11,14,19H,2,4,6,12-13H2,1H3. The number of hydrazone groups is 1. The molecule has 0 N–H and O–H groups in total. The molecule has 4 aromatic rings. The van der Waals surface area contributed by atoms with Crippen molar-refractivity contribution in [2.45, 2.75) is 31.7 Å². The Balaban J connectivity index is 1.26. The lowest BCUT2D eigenvalue weighted by molar-refractivity contribution is -0.135. The maximum Gasteiger partial charge on any atom is 0.281 e. The summed E-state index contributed by atoms with van der Waals surface area (Å²) < 4.78 is 16.8. The first-order valence-corrected chi connectivity index (χ1v) is 12.0. The predicted octanol–water partition coefficient (Wildman–Crippen LogP) is 4.54. The van der Waals surface area contributed by atoms with Crippen molar-refractivity contribution in [2.24, 2.45) is 5.10 Å². The molecule has 2 aliphatic rings. The van der Waals surface area contributed by atoms with Gasteiger partial charge in [-0.15, -0.1) is 11.3 Å². The van der Waals surface area contributed by atoms with E-state index < -0.39 is 0 Å². The van der Waals surface area contributed by atoms with E-state index in [-0.39, 0.29) is 18.6 Å². The molecule has 4 heterocycles. The summed E-state index contributed by atoms with van der Waals surface area (Å²) in [4.78, 5) is 24.3. The van der Waals surface area contributed by atoms with Gasteiger partial charge in [-0.25, -0.2) is 15.0 Å². The Morgan fingerprint density at radius 1 is 1.21 bits per heavy atom. The van der Waals surface area contributed by atoms with Crippen LogP contribution in [0.4, 0.5) is 0 Å². The van der Waals surface area contributed by atoms with Crippen LogP contribution >= 0.6 is 11.3 Å². The molecule has 1 aliphatic heterocycles. The number of carbonyl (C=O) groups excluding carboxylic acids is 1. The third-order valence-corrected chi connectivity index (χ3v) is 7.46. The Morgan fingerprint density at radius 3 is 2.88 bits per heavy atom. The quantitative estimate of drug-likeness (QED) is 0.408. The molecular formula is C25H22N4O4S. The zero-order valence-corrected chi connectivity index (χ0v) is 19.4. The zero-order chi connectivity index (χ0) is 23.1. The highest BCUT2D eigenvalue weighted by atomic mass is 32.1. The van der Waals surface area contributed by atoms with Gasteiger partial charge in [0.2, 0.25) is 5.88 Å². The number of fused-ring (bicyclic) bond motifs is 3. The Hall–Kier alpha value is -3.72. The fraction of sp³-hybridized carbons (Fsp3) is 0.280. The molecule has 1 unspecified atom stereocenters. The molecule has 0 radical (unpaired) electrons. The number of rotatable bonds is 6. The molecule has 6 rings (SSSR count). The molecule has 0 saturated heterocycles. The first-order chi connectivity index (χ1) is 16.7. The van der Waals surface area contributed by atoms with Crippen LogP contribution in [0.5, 0.6) is 11.6 Å². The van der Waals surface area contributed by atoms with Crippen LogP contribution in [0.2, 0.25) is 0 Å². The SMILES string of the molecule is COc1ccc(C2=NN(C(=O)COc3ncnc4sc5c(c34)CCC5)C(c3ccco3)C2)cc1. The number of thiophene rings is 1. The van der Waals surface area contributed by atoms with Gasteiger partial charge in [-0.05, 0) is 66.8 Å². The average Bonchev–Trinajstić information content (AvgIpc) is 3.65. The molecule has 34 heavy (non-hydrogen) atoms. The lowest BCUT2D eigenvalue weighted by Crippen LogP contribution is -2.31. The molecule has 0 saturated carbocycles. The molecule has 1 aliphatic carbocycles. The summed E-state index contributed by atoms with van der Waals surface area (Å²) in [6, 6.07) is 11.0. The number of ether oxygens (including phenoxy) is 2. The van der Waals surface area contributed by atoms with Crippen molar-refractivity contribution in [3.63, 3.8) is 0 Å². The second-order valence-electron chi connectivity index (χ2n) is 8.25. The molecule has 0 spiro atoms. The molecular weight excluding hydrogens is 452 g/mol. The third kappa shape index (κ3) is 3.62. The van der Waals surface area contributed by atoms with Gasteiger partial charge in [-0.2, -0.15) is 5.10 Å². The molecule has 0 bridgehead atoms. The van der Waals surface area contributed by atoms with Crippen LogP contribution in [-0.4, -0.2) is 40.3 Å². The van der Waals surface area contributed by atoms with Crippen LogP contribution in [0.15, 0.2) is 58.5 Å². The van der Waals surface area contributed by atoms with E-state index in [4.69, 9.17) is 13.9 Å². The minimum Gasteiger partial charge on any atom is -0.497 e. The second kappa shape index (κ2) is 8.57. The third-order valence-electron chi connectivity index (χ3n) is 6.26. The summed E-state index contributed by atoms with van der Waals surface area (Å²) in [6.07, 6.45) is 6.84. The first-order valence-electron chi connectivity index (χ1n) is 11.2. The molecule has 8 nitrogen and oxygen atoms in total. The smallest absolute Gasteiger partial charge is 0.281 e. The minimum atomic E-state index is -0.334. The Kier molecular flexibility index (Phi) is 5.26. The highest BCUT2D eigenvalue weighted by molar-refractivity contribution is 7.18. The number of nitrogens with zero attached hydrogens (tertiary/aromatic N) is 4. The van der Waals surface area contributed by atoms with Crippen molar-refractivity contribution in [3.05, 3.63) is 70.8 Å². The van der Waals surface area contributed by atoms with E-state index in [1.807, 2.05) is 36.4 Å². The Bertz CT molecular complexity index is 1380. The Labute approximate surface area is 199 Å². The molecule has 1 amide bonds. The molecule has 9 heteroatoms. The number of furan rings is 1. The van der Waals surface area contributed by atoms with Gasteiger partial charge < -0.3 is 13.9 Å². The summed E-state index contributed by atoms with van der Waals surface area (Å²) in [5.41, 5.74) is 3.00. The zero-order valence-electron chi connectivity index (χ0n) is 18.6. The number of carbonyl (C=O) groups is 1. The summed E-state index contributed by atoms with van der Waals surface area (Å²) in [6.45, 7) is -0.173. The summed E-state index contributed by atoms with van der Waals surface area (Å²) in [5.74, 6) is 1.65. The number of hydrogen-bond donors (Lipinski definition) is 0. The van der Waals surface area contributed by atoms with Gasteiger partial charge in [0.25, 0.3) is 5.91 Å². The largest absolute Gasteiger partial charge is 0.497 e. The van der Waals surface area contributed by atoms with E-state index in [0.29, 0.717) is 18.1 Å². The van der Waals surface area contributed by atoms with Gasteiger partial charge in [0.1, 0.15) is 28.7 Å². The topological polar surface area (TPSA) is 90.0 Å². The van der Waals surface area contributed by atoms with Crippen molar-refractivity contribution in [1.82, 2.24) is 15.0 Å². The van der Waals surface area contributed by atoms with Crippen LogP contribution in [0.3, 0.4) is 0 Å². The van der Waals surface area contributed by atoms with Gasteiger partial charge in [-0.1, -0.05) is 0 Å². The van der Waals surface area contributed by atoms with Gasteiger partial charge in [0.05, 0.1) is 24.5 Å². The summed E-state index contributed by atoms with van der Waals surface area (Å²) in [7, 11) is 1.63. The number of amides is 1. The summed E-state index contributed by atoms with van der Waals surface area (Å²) in [5, 5.41) is 7.07. The number of methoxy groups -OCH3 is 1. The van der Waals surface area contributed by atoms with Crippen molar-refractivity contribution < 1.29 is 18.7 Å². The number of aromatic nitrogens is 2. The first kappa shape index (κ1) is 20.9. The van der Waals surface area contributed by atoms with E-state index in [1.165, 1.54) is 21.8 Å². The van der Waals surface area contributed by atoms with Crippen molar-refractivity contribution in [1.29, 1.82) is 0 Å². The number of hydrogen-bond acceptors (Lipinski definition) is 8. The Morgan fingerprint density at radius 2 is 2.09 bits per heavy atom. The van der Waals surface area contributed by atoms with E-state index in [1.54, 1.807) is 24.7 Å². The van der Waals surface area contributed by atoms with Gasteiger partial charge in [-0.3, -0.25) is 4.79 Å². The summed E-state index contributed by atoms with van der Waals surface area (Å²) >= 11 is 1.69. The maximum atomic E-state index is 13.3. The van der Waals surface area contributed by atoms with E-state index in [9.17, 15) is 4.79 Å². The van der Waals surface area contributed by atoms with Gasteiger partial charge in [0.15, 0.2) is 6.61 Å². The molecule has 3 aromatic heterocycles. The monoisotopic (exact) mass is 474 g/mol. The van der Waals surface area contributed by atoms with Crippen molar-refractivity contribution in [3.8, 4) is 11.6 Å². The maximum absolute atomic E-state index is 13.3. The lowest BCUT2D eigenvalue weighted by Gasteiger charge is -2.20. The minimum absolute atomic E-state index is 0.173. The highest BCUT2D eigenvalue weighted by Gasteiger charge is 2.35. The van der Waals surface area contributed by atoms with Crippen LogP contribution in [-0.2, 0) is 17.6 Å². The molecule has 1 atom stereocenters. The average molecular weight is 475 g/mol. The van der Waals surface area contributed by atoms with E-state index >= 15 is 0 Å². The van der Waals surface area contributed by atoms with Crippen molar-refractivity contribution >= 4 is 33.2 Å².